The average molecular weight is 410 g/mol. The lowest BCUT2D eigenvalue weighted by Gasteiger charge is -2.31. The molecular weight excluding hydrogens is 382 g/mol. The summed E-state index contributed by atoms with van der Waals surface area (Å²) in [6.45, 7) is 6.55. The van der Waals surface area contributed by atoms with Crippen LogP contribution in [0.1, 0.15) is 38.7 Å². The molecule has 3 rings (SSSR count). The second kappa shape index (κ2) is 8.08. The van der Waals surface area contributed by atoms with E-state index in [1.807, 2.05) is 6.92 Å². The summed E-state index contributed by atoms with van der Waals surface area (Å²) < 4.78 is 33.3. The molecule has 0 aromatic heterocycles. The second-order valence-corrected chi connectivity index (χ2v) is 9.24. The van der Waals surface area contributed by atoms with Crippen molar-refractivity contribution < 1.29 is 22.7 Å². The maximum Gasteiger partial charge on any atom is 0.265 e. The monoisotopic (exact) mass is 409 g/mol. The molecule has 1 atom stereocenters. The van der Waals surface area contributed by atoms with E-state index >= 15 is 0 Å². The summed E-state index contributed by atoms with van der Waals surface area (Å²) in [5.41, 5.74) is 1.02. The number of anilines is 1. The molecule has 28 heavy (non-hydrogen) atoms. The molecule has 2 aliphatic rings. The summed E-state index contributed by atoms with van der Waals surface area (Å²) in [5.74, 6) is -0.0555. The Hall–Kier alpha value is -2.13. The average Bonchev–Trinajstić information content (AvgIpc) is 2.67. The Morgan fingerprint density at radius 1 is 1.32 bits per heavy atom. The van der Waals surface area contributed by atoms with Crippen molar-refractivity contribution in [3.63, 3.8) is 0 Å². The molecule has 9 heteroatoms. The van der Waals surface area contributed by atoms with Gasteiger partial charge in [0.25, 0.3) is 5.91 Å². The van der Waals surface area contributed by atoms with Gasteiger partial charge in [0.05, 0.1) is 10.6 Å². The van der Waals surface area contributed by atoms with Gasteiger partial charge >= 0.3 is 0 Å². The molecule has 8 nitrogen and oxygen atoms in total. The van der Waals surface area contributed by atoms with Crippen LogP contribution in [0.5, 0.6) is 5.75 Å². The molecule has 0 bridgehead atoms. The van der Waals surface area contributed by atoms with Crippen molar-refractivity contribution in [2.75, 3.05) is 25.0 Å². The van der Waals surface area contributed by atoms with Crippen LogP contribution in [0.25, 0.3) is 0 Å². The van der Waals surface area contributed by atoms with Crippen molar-refractivity contribution in [1.82, 2.24) is 9.62 Å². The largest absolute Gasteiger partial charge is 0.479 e. The quantitative estimate of drug-likeness (QED) is 0.769. The number of nitrogens with zero attached hydrogens (tertiary/aromatic N) is 1. The van der Waals surface area contributed by atoms with Gasteiger partial charge in [-0.05, 0) is 44.7 Å². The molecule has 2 N–H and O–H groups in total. The van der Waals surface area contributed by atoms with Crippen molar-refractivity contribution in [3.05, 3.63) is 17.7 Å². The number of hydrogen-bond donors (Lipinski definition) is 2. The first-order valence-corrected chi connectivity index (χ1v) is 11.1. The summed E-state index contributed by atoms with van der Waals surface area (Å²) in [5, 5.41) is 5.61. The summed E-state index contributed by atoms with van der Waals surface area (Å²) in [4.78, 5) is 24.0. The Kier molecular flexibility index (Phi) is 5.95. The van der Waals surface area contributed by atoms with Crippen LogP contribution in [0.3, 0.4) is 0 Å². The number of amides is 2. The zero-order valence-electron chi connectivity index (χ0n) is 16.4. The van der Waals surface area contributed by atoms with Crippen LogP contribution in [-0.2, 0) is 19.6 Å². The first-order chi connectivity index (χ1) is 13.2. The Labute approximate surface area is 165 Å². The van der Waals surface area contributed by atoms with E-state index in [1.54, 1.807) is 19.9 Å². The van der Waals surface area contributed by atoms with Crippen molar-refractivity contribution in [1.29, 1.82) is 0 Å². The first kappa shape index (κ1) is 20.6. The van der Waals surface area contributed by atoms with E-state index < -0.39 is 16.1 Å². The Balaban J connectivity index is 1.76. The van der Waals surface area contributed by atoms with E-state index in [1.165, 1.54) is 10.4 Å². The van der Waals surface area contributed by atoms with Crippen LogP contribution in [0.2, 0.25) is 0 Å². The minimum Gasteiger partial charge on any atom is -0.479 e. The number of carbonyl (C=O) groups excluding carboxylic acids is 2. The molecule has 0 radical (unpaired) electrons. The highest BCUT2D eigenvalue weighted by Gasteiger charge is 2.34. The van der Waals surface area contributed by atoms with Gasteiger partial charge in [0.15, 0.2) is 6.10 Å². The third-order valence-corrected chi connectivity index (χ3v) is 7.24. The fraction of sp³-hybridized carbons (Fsp3) is 0.579. The standard InChI is InChI=1S/C19H27N3O5S/c1-4-7-20-19(24)14-5-8-22(9-6-14)28(25,26)17-11-16-15(10-12(17)2)21-18(23)13(3)27-16/h10-11,13-14H,4-9H2,1-3H3,(H,20,24)(H,21,23)/t13-/m0/s1. The summed E-state index contributed by atoms with van der Waals surface area (Å²) >= 11 is 0. The van der Waals surface area contributed by atoms with E-state index in [0.29, 0.717) is 49.5 Å². The minimum absolute atomic E-state index is 0.00184. The van der Waals surface area contributed by atoms with Crippen LogP contribution in [0.15, 0.2) is 17.0 Å². The summed E-state index contributed by atoms with van der Waals surface area (Å²) in [6.07, 6.45) is 1.20. The molecule has 0 saturated carbocycles. The third-order valence-electron chi connectivity index (χ3n) is 5.20. The third kappa shape index (κ3) is 4.00. The normalized spacial score (nSPS) is 20.8. The topological polar surface area (TPSA) is 105 Å². The Morgan fingerprint density at radius 2 is 2.00 bits per heavy atom. The number of carbonyl (C=O) groups is 2. The Bertz CT molecular complexity index is 876. The molecule has 0 unspecified atom stereocenters. The molecular formula is C19H27N3O5S. The van der Waals surface area contributed by atoms with Gasteiger partial charge < -0.3 is 15.4 Å². The molecule has 154 valence electrons. The van der Waals surface area contributed by atoms with Gasteiger partial charge in [0, 0.05) is 31.6 Å². The molecule has 1 fully saturated rings. The number of fused-ring (bicyclic) bond motifs is 1. The van der Waals surface area contributed by atoms with E-state index in [-0.39, 0.29) is 22.6 Å². The number of ether oxygens (including phenoxy) is 1. The van der Waals surface area contributed by atoms with Gasteiger partial charge in [-0.25, -0.2) is 8.42 Å². The molecule has 2 amide bonds. The van der Waals surface area contributed by atoms with E-state index in [9.17, 15) is 18.0 Å². The fourth-order valence-electron chi connectivity index (χ4n) is 3.51. The van der Waals surface area contributed by atoms with Gasteiger partial charge in [-0.1, -0.05) is 6.92 Å². The zero-order chi connectivity index (χ0) is 20.5. The predicted molar refractivity (Wildman–Crippen MR) is 105 cm³/mol. The van der Waals surface area contributed by atoms with Gasteiger partial charge in [-0.2, -0.15) is 4.31 Å². The smallest absolute Gasteiger partial charge is 0.265 e. The number of benzene rings is 1. The van der Waals surface area contributed by atoms with Crippen LogP contribution >= 0.6 is 0 Å². The lowest BCUT2D eigenvalue weighted by molar-refractivity contribution is -0.126. The number of nitrogens with one attached hydrogen (secondary N) is 2. The van der Waals surface area contributed by atoms with Gasteiger partial charge in [-0.15, -0.1) is 0 Å². The van der Waals surface area contributed by atoms with Crippen molar-refractivity contribution in [2.24, 2.45) is 5.92 Å². The van der Waals surface area contributed by atoms with Gasteiger partial charge in [-0.3, -0.25) is 9.59 Å². The lowest BCUT2D eigenvalue weighted by Crippen LogP contribution is -2.43. The lowest BCUT2D eigenvalue weighted by atomic mass is 9.97. The van der Waals surface area contributed by atoms with Crippen LogP contribution in [0, 0.1) is 12.8 Å². The second-order valence-electron chi connectivity index (χ2n) is 7.33. The highest BCUT2D eigenvalue weighted by atomic mass is 32.2. The first-order valence-electron chi connectivity index (χ1n) is 9.64. The van der Waals surface area contributed by atoms with Crippen molar-refractivity contribution in [3.8, 4) is 5.75 Å². The van der Waals surface area contributed by atoms with Crippen LogP contribution in [-0.4, -0.2) is 50.3 Å². The fourth-order valence-corrected chi connectivity index (χ4v) is 5.20. The molecule has 0 spiro atoms. The molecule has 2 heterocycles. The number of piperidine rings is 1. The van der Waals surface area contributed by atoms with Crippen LogP contribution < -0.4 is 15.4 Å². The zero-order valence-corrected chi connectivity index (χ0v) is 17.3. The predicted octanol–water partition coefficient (Wildman–Crippen LogP) is 1.64. The van der Waals surface area contributed by atoms with Gasteiger partial charge in [0.2, 0.25) is 15.9 Å². The number of hydrogen-bond acceptors (Lipinski definition) is 5. The number of sulfonamides is 1. The summed E-state index contributed by atoms with van der Waals surface area (Å²) in [6, 6.07) is 3.10. The van der Waals surface area contributed by atoms with Gasteiger partial charge in [0.1, 0.15) is 5.75 Å². The molecule has 1 aromatic carbocycles. The maximum atomic E-state index is 13.2. The number of rotatable bonds is 5. The molecule has 1 saturated heterocycles. The van der Waals surface area contributed by atoms with Crippen molar-refractivity contribution >= 4 is 27.5 Å². The van der Waals surface area contributed by atoms with E-state index in [2.05, 4.69) is 10.6 Å². The molecule has 1 aromatic rings. The Morgan fingerprint density at radius 3 is 2.64 bits per heavy atom. The maximum absolute atomic E-state index is 13.2. The molecule has 0 aliphatic carbocycles. The van der Waals surface area contributed by atoms with E-state index in [4.69, 9.17) is 4.74 Å². The SMILES string of the molecule is CCCNC(=O)C1CCN(S(=O)(=O)c2cc3c(cc2C)NC(=O)[C@H](C)O3)CC1. The van der Waals surface area contributed by atoms with Crippen LogP contribution in [0.4, 0.5) is 5.69 Å². The number of aryl methyl sites for hydroxylation is 1. The minimum atomic E-state index is -3.71. The highest BCUT2D eigenvalue weighted by Crippen LogP contribution is 2.36. The van der Waals surface area contributed by atoms with E-state index in [0.717, 1.165) is 6.42 Å². The molecule has 2 aliphatic heterocycles. The summed E-state index contributed by atoms with van der Waals surface area (Å²) in [7, 11) is -3.71. The highest BCUT2D eigenvalue weighted by molar-refractivity contribution is 7.89. The van der Waals surface area contributed by atoms with Crippen molar-refractivity contribution in [2.45, 2.75) is 51.0 Å².